The van der Waals surface area contributed by atoms with Crippen LogP contribution in [0.5, 0.6) is 0 Å². The van der Waals surface area contributed by atoms with Gasteiger partial charge in [0, 0.05) is 19.7 Å². The molecule has 0 bridgehead atoms. The summed E-state index contributed by atoms with van der Waals surface area (Å²) in [5.41, 5.74) is 1.54. The Hall–Kier alpha value is -1.84. The van der Waals surface area contributed by atoms with E-state index in [0.29, 0.717) is 12.0 Å². The molecule has 0 radical (unpaired) electrons. The van der Waals surface area contributed by atoms with Gasteiger partial charge in [-0.3, -0.25) is 9.48 Å². The number of ketones is 1. The molecular weight excluding hydrogens is 192 g/mol. The summed E-state index contributed by atoms with van der Waals surface area (Å²) in [4.78, 5) is 11.7. The summed E-state index contributed by atoms with van der Waals surface area (Å²) in [6, 6.07) is 1.75. The molecule has 78 valence electrons. The lowest BCUT2D eigenvalue weighted by molar-refractivity contribution is 0.0992. The largest absolute Gasteiger partial charge is 0.469 e. The first kappa shape index (κ1) is 9.71. The molecule has 2 heterocycles. The van der Waals surface area contributed by atoms with E-state index in [1.165, 1.54) is 6.26 Å². The Balaban J connectivity index is 2.10. The fourth-order valence-corrected chi connectivity index (χ4v) is 1.44. The molecule has 0 aromatic carbocycles. The number of hydrogen-bond donors (Lipinski definition) is 0. The van der Waals surface area contributed by atoms with Crippen LogP contribution in [0.1, 0.15) is 21.7 Å². The molecule has 0 spiro atoms. The summed E-state index contributed by atoms with van der Waals surface area (Å²) >= 11 is 0. The van der Waals surface area contributed by atoms with Crippen LogP contribution >= 0.6 is 0 Å². The van der Waals surface area contributed by atoms with Gasteiger partial charge in [-0.05, 0) is 18.6 Å². The van der Waals surface area contributed by atoms with Crippen molar-refractivity contribution in [3.8, 4) is 0 Å². The summed E-state index contributed by atoms with van der Waals surface area (Å²) in [7, 11) is 1.83. The second-order valence-electron chi connectivity index (χ2n) is 3.57. The van der Waals surface area contributed by atoms with E-state index in [2.05, 4.69) is 5.10 Å². The van der Waals surface area contributed by atoms with Crippen molar-refractivity contribution in [1.29, 1.82) is 0 Å². The predicted molar refractivity (Wildman–Crippen MR) is 54.7 cm³/mol. The molecule has 0 saturated heterocycles. The van der Waals surface area contributed by atoms with E-state index >= 15 is 0 Å². The summed E-state index contributed by atoms with van der Waals surface area (Å²) in [5.74, 6) is 0.810. The minimum atomic E-state index is 0.0554. The van der Waals surface area contributed by atoms with Gasteiger partial charge in [-0.2, -0.15) is 5.10 Å². The highest BCUT2D eigenvalue weighted by Gasteiger charge is 2.10. The molecule has 2 aromatic rings. The van der Waals surface area contributed by atoms with Crippen molar-refractivity contribution >= 4 is 5.78 Å². The van der Waals surface area contributed by atoms with Gasteiger partial charge in [0.25, 0.3) is 0 Å². The van der Waals surface area contributed by atoms with Gasteiger partial charge in [-0.25, -0.2) is 0 Å². The number of carbonyl (C=O) groups is 1. The maximum atomic E-state index is 11.7. The molecule has 0 atom stereocenters. The third-order valence-electron chi connectivity index (χ3n) is 2.18. The molecule has 0 aliphatic rings. The average Bonchev–Trinajstić information content (AvgIpc) is 2.75. The van der Waals surface area contributed by atoms with E-state index in [-0.39, 0.29) is 5.78 Å². The molecule has 0 amide bonds. The normalized spacial score (nSPS) is 10.5. The molecule has 0 saturated carbocycles. The Bertz CT molecular complexity index is 482. The number of carbonyl (C=O) groups excluding carboxylic acids is 1. The van der Waals surface area contributed by atoms with Crippen LogP contribution in [0.3, 0.4) is 0 Å². The van der Waals surface area contributed by atoms with Crippen molar-refractivity contribution in [1.82, 2.24) is 9.78 Å². The molecule has 0 aliphatic carbocycles. The van der Waals surface area contributed by atoms with Crippen LogP contribution in [-0.4, -0.2) is 15.6 Å². The number of hydrogen-bond acceptors (Lipinski definition) is 3. The molecular formula is C11H12N2O2. The lowest BCUT2D eigenvalue weighted by atomic mass is 10.1. The standard InChI is InChI=1S/C11H12N2O2/c1-8-3-10(7-15-8)11(14)4-9-5-12-13(2)6-9/h3,5-7H,4H2,1-2H3. The van der Waals surface area contributed by atoms with Gasteiger partial charge in [-0.15, -0.1) is 0 Å². The molecule has 0 unspecified atom stereocenters. The lowest BCUT2D eigenvalue weighted by Crippen LogP contribution is -2.01. The van der Waals surface area contributed by atoms with Crippen molar-refractivity contribution in [2.75, 3.05) is 0 Å². The van der Waals surface area contributed by atoms with Crippen LogP contribution < -0.4 is 0 Å². The second kappa shape index (κ2) is 3.73. The van der Waals surface area contributed by atoms with Crippen LogP contribution in [0, 0.1) is 6.92 Å². The van der Waals surface area contributed by atoms with Crippen molar-refractivity contribution in [3.63, 3.8) is 0 Å². The van der Waals surface area contributed by atoms with Crippen LogP contribution in [0.25, 0.3) is 0 Å². The highest BCUT2D eigenvalue weighted by atomic mass is 16.3. The van der Waals surface area contributed by atoms with Crippen molar-refractivity contribution in [2.45, 2.75) is 13.3 Å². The minimum Gasteiger partial charge on any atom is -0.469 e. The van der Waals surface area contributed by atoms with Crippen molar-refractivity contribution in [2.24, 2.45) is 7.05 Å². The number of nitrogens with zero attached hydrogens (tertiary/aromatic N) is 2. The van der Waals surface area contributed by atoms with E-state index in [1.807, 2.05) is 20.2 Å². The minimum absolute atomic E-state index is 0.0554. The van der Waals surface area contributed by atoms with E-state index < -0.39 is 0 Å². The average molecular weight is 204 g/mol. The SMILES string of the molecule is Cc1cc(C(=O)Cc2cnn(C)c2)co1. The first-order valence-corrected chi connectivity index (χ1v) is 4.71. The maximum Gasteiger partial charge on any atom is 0.170 e. The fraction of sp³-hybridized carbons (Fsp3) is 0.273. The Kier molecular flexibility index (Phi) is 2.41. The van der Waals surface area contributed by atoms with Gasteiger partial charge in [0.2, 0.25) is 0 Å². The zero-order valence-electron chi connectivity index (χ0n) is 8.73. The zero-order valence-corrected chi connectivity index (χ0v) is 8.73. The Morgan fingerprint density at radius 3 is 2.93 bits per heavy atom. The van der Waals surface area contributed by atoms with Gasteiger partial charge >= 0.3 is 0 Å². The monoisotopic (exact) mass is 204 g/mol. The highest BCUT2D eigenvalue weighted by molar-refractivity contribution is 5.97. The Morgan fingerprint density at radius 2 is 2.40 bits per heavy atom. The van der Waals surface area contributed by atoms with E-state index in [0.717, 1.165) is 11.3 Å². The fourth-order valence-electron chi connectivity index (χ4n) is 1.44. The van der Waals surface area contributed by atoms with E-state index in [9.17, 15) is 4.79 Å². The van der Waals surface area contributed by atoms with Gasteiger partial charge in [-0.1, -0.05) is 0 Å². The molecule has 2 rings (SSSR count). The number of rotatable bonds is 3. The zero-order chi connectivity index (χ0) is 10.8. The molecule has 15 heavy (non-hydrogen) atoms. The first-order valence-electron chi connectivity index (χ1n) is 4.71. The summed E-state index contributed by atoms with van der Waals surface area (Å²) in [6.45, 7) is 1.82. The Labute approximate surface area is 87.5 Å². The summed E-state index contributed by atoms with van der Waals surface area (Å²) in [6.07, 6.45) is 5.40. The van der Waals surface area contributed by atoms with Crippen LogP contribution in [0.4, 0.5) is 0 Å². The van der Waals surface area contributed by atoms with Gasteiger partial charge in [0.15, 0.2) is 5.78 Å². The molecule has 4 nitrogen and oxygen atoms in total. The Morgan fingerprint density at radius 1 is 1.60 bits per heavy atom. The predicted octanol–water partition coefficient (Wildman–Crippen LogP) is 1.75. The third-order valence-corrected chi connectivity index (χ3v) is 2.18. The maximum absolute atomic E-state index is 11.7. The quantitative estimate of drug-likeness (QED) is 0.715. The third kappa shape index (κ3) is 2.15. The smallest absolute Gasteiger partial charge is 0.170 e. The first-order chi connectivity index (χ1) is 7.15. The second-order valence-corrected chi connectivity index (χ2v) is 3.57. The van der Waals surface area contributed by atoms with Gasteiger partial charge < -0.3 is 4.42 Å². The molecule has 2 aromatic heterocycles. The molecule has 4 heteroatoms. The van der Waals surface area contributed by atoms with Crippen molar-refractivity contribution in [3.05, 3.63) is 41.6 Å². The molecule has 0 fully saturated rings. The van der Waals surface area contributed by atoms with Gasteiger partial charge in [0.1, 0.15) is 12.0 Å². The van der Waals surface area contributed by atoms with Crippen LogP contribution in [0.2, 0.25) is 0 Å². The van der Waals surface area contributed by atoms with E-state index in [1.54, 1.807) is 16.9 Å². The van der Waals surface area contributed by atoms with Crippen LogP contribution in [0.15, 0.2) is 29.1 Å². The van der Waals surface area contributed by atoms with Crippen molar-refractivity contribution < 1.29 is 9.21 Å². The number of aromatic nitrogens is 2. The summed E-state index contributed by atoms with van der Waals surface area (Å²) in [5, 5.41) is 4.01. The summed E-state index contributed by atoms with van der Waals surface area (Å²) < 4.78 is 6.77. The highest BCUT2D eigenvalue weighted by Crippen LogP contribution is 2.10. The molecule has 0 N–H and O–H groups in total. The number of furan rings is 1. The van der Waals surface area contributed by atoms with Crippen LogP contribution in [-0.2, 0) is 13.5 Å². The number of Topliss-reactive ketones (excluding diaryl/α,β-unsaturated/α-hetero) is 1. The lowest BCUT2D eigenvalue weighted by Gasteiger charge is -1.92. The topological polar surface area (TPSA) is 48.0 Å². The number of aryl methyl sites for hydroxylation is 2. The van der Waals surface area contributed by atoms with E-state index in [4.69, 9.17) is 4.42 Å². The van der Waals surface area contributed by atoms with Gasteiger partial charge in [0.05, 0.1) is 11.8 Å². The molecule has 0 aliphatic heterocycles.